The van der Waals surface area contributed by atoms with Gasteiger partial charge in [0.25, 0.3) is 11.6 Å². The number of fused-ring (bicyclic) bond motifs is 1. The molecule has 1 aromatic carbocycles. The van der Waals surface area contributed by atoms with Crippen molar-refractivity contribution in [3.05, 3.63) is 70.7 Å². The van der Waals surface area contributed by atoms with Gasteiger partial charge in [-0.15, -0.1) is 0 Å². The average molecular weight is 447 g/mol. The molecule has 8 heteroatoms. The van der Waals surface area contributed by atoms with E-state index in [1.54, 1.807) is 13.3 Å². The first-order chi connectivity index (χ1) is 16.0. The highest BCUT2D eigenvalue weighted by molar-refractivity contribution is 6.06. The Morgan fingerprint density at radius 2 is 2.12 bits per heavy atom. The van der Waals surface area contributed by atoms with Crippen molar-refractivity contribution in [2.45, 2.75) is 39.0 Å². The van der Waals surface area contributed by atoms with Crippen LogP contribution in [0.3, 0.4) is 0 Å². The van der Waals surface area contributed by atoms with Crippen LogP contribution < -0.4 is 4.74 Å². The van der Waals surface area contributed by atoms with E-state index >= 15 is 0 Å². The maximum atomic E-state index is 13.5. The normalized spacial score (nSPS) is 16.3. The molecule has 0 N–H and O–H groups in total. The van der Waals surface area contributed by atoms with E-state index < -0.39 is 0 Å². The summed E-state index contributed by atoms with van der Waals surface area (Å²) in [5, 5.41) is 4.68. The zero-order valence-corrected chi connectivity index (χ0v) is 19.0. The number of hydrogen-bond acceptors (Lipinski definition) is 7. The number of carbonyl (C=O) groups excluding carboxylic acids is 1. The lowest BCUT2D eigenvalue weighted by molar-refractivity contribution is 0.0699. The molecule has 1 fully saturated rings. The molecule has 8 nitrogen and oxygen atoms in total. The third-order valence-corrected chi connectivity index (χ3v) is 6.16. The monoisotopic (exact) mass is 446 g/mol. The molecule has 0 spiro atoms. The van der Waals surface area contributed by atoms with E-state index in [1.165, 1.54) is 0 Å². The minimum Gasteiger partial charge on any atom is -0.496 e. The van der Waals surface area contributed by atoms with E-state index in [4.69, 9.17) is 13.7 Å². The molecule has 1 aliphatic heterocycles. The van der Waals surface area contributed by atoms with Crippen molar-refractivity contribution in [2.24, 2.45) is 0 Å². The number of benzene rings is 1. The molecule has 170 valence electrons. The van der Waals surface area contributed by atoms with Crippen LogP contribution in [0.5, 0.6) is 5.75 Å². The van der Waals surface area contributed by atoms with Crippen LogP contribution in [0.2, 0.25) is 0 Å². The number of ether oxygens (including phenoxy) is 1. The van der Waals surface area contributed by atoms with Crippen LogP contribution in [0.25, 0.3) is 11.1 Å². The first-order valence-electron chi connectivity index (χ1n) is 11.1. The van der Waals surface area contributed by atoms with Crippen LogP contribution in [0.4, 0.5) is 0 Å². The van der Waals surface area contributed by atoms with Crippen LogP contribution in [-0.4, -0.2) is 46.1 Å². The van der Waals surface area contributed by atoms with E-state index in [1.807, 2.05) is 49.1 Å². The van der Waals surface area contributed by atoms with Gasteiger partial charge in [-0.05, 0) is 38.8 Å². The zero-order chi connectivity index (χ0) is 22.9. The SMILES string of the molecule is COc1ccccc1Cc1cnc([C@@H]2CCCN(C(=O)c3cc(C)nc4onc(C)c34)C2)o1. The summed E-state index contributed by atoms with van der Waals surface area (Å²) in [7, 11) is 1.66. The van der Waals surface area contributed by atoms with E-state index in [9.17, 15) is 4.79 Å². The predicted octanol–water partition coefficient (Wildman–Crippen LogP) is 4.45. The highest BCUT2D eigenvalue weighted by Gasteiger charge is 2.30. The molecule has 0 aliphatic carbocycles. The number of pyridine rings is 1. The van der Waals surface area contributed by atoms with Crippen molar-refractivity contribution in [3.8, 4) is 5.75 Å². The fourth-order valence-electron chi connectivity index (χ4n) is 4.55. The first-order valence-corrected chi connectivity index (χ1v) is 11.1. The van der Waals surface area contributed by atoms with Crippen LogP contribution >= 0.6 is 0 Å². The summed E-state index contributed by atoms with van der Waals surface area (Å²) >= 11 is 0. The third kappa shape index (κ3) is 4.08. The molecular weight excluding hydrogens is 420 g/mol. The Morgan fingerprint density at radius 3 is 2.97 bits per heavy atom. The largest absolute Gasteiger partial charge is 0.496 e. The van der Waals surface area contributed by atoms with E-state index in [2.05, 4.69) is 15.1 Å². The molecule has 1 aliphatic rings. The van der Waals surface area contributed by atoms with Crippen molar-refractivity contribution in [3.63, 3.8) is 0 Å². The van der Waals surface area contributed by atoms with Gasteiger partial charge in [-0.1, -0.05) is 23.4 Å². The topological polar surface area (TPSA) is 94.5 Å². The molecule has 1 saturated heterocycles. The van der Waals surface area contributed by atoms with Crippen molar-refractivity contribution in [1.29, 1.82) is 0 Å². The fourth-order valence-corrected chi connectivity index (χ4v) is 4.55. The summed E-state index contributed by atoms with van der Waals surface area (Å²) in [6, 6.07) is 9.70. The van der Waals surface area contributed by atoms with Gasteiger partial charge in [0.2, 0.25) is 0 Å². The highest BCUT2D eigenvalue weighted by Crippen LogP contribution is 2.30. The highest BCUT2D eigenvalue weighted by atomic mass is 16.5. The Kier molecular flexibility index (Phi) is 5.58. The first kappa shape index (κ1) is 21.2. The second-order valence-corrected chi connectivity index (χ2v) is 8.50. The Labute approximate surface area is 191 Å². The minimum absolute atomic E-state index is 0.0395. The Bertz CT molecular complexity index is 1310. The summed E-state index contributed by atoms with van der Waals surface area (Å²) in [4.78, 5) is 24.3. The van der Waals surface area contributed by atoms with Crippen molar-refractivity contribution in [1.82, 2.24) is 20.0 Å². The van der Waals surface area contributed by atoms with Gasteiger partial charge in [0.05, 0.1) is 35.9 Å². The van der Waals surface area contributed by atoms with Gasteiger partial charge in [-0.2, -0.15) is 0 Å². The Morgan fingerprint density at radius 1 is 1.27 bits per heavy atom. The van der Waals surface area contributed by atoms with Crippen molar-refractivity contribution in [2.75, 3.05) is 20.2 Å². The maximum Gasteiger partial charge on any atom is 0.258 e. The number of aromatic nitrogens is 3. The Balaban J connectivity index is 1.35. The Hall–Kier alpha value is -3.68. The second kappa shape index (κ2) is 8.69. The van der Waals surface area contributed by atoms with Crippen LogP contribution in [0.1, 0.15) is 57.7 Å². The number of oxazole rings is 1. The summed E-state index contributed by atoms with van der Waals surface area (Å²) in [6.45, 7) is 4.93. The summed E-state index contributed by atoms with van der Waals surface area (Å²) in [5.74, 6) is 2.30. The maximum absolute atomic E-state index is 13.5. The summed E-state index contributed by atoms with van der Waals surface area (Å²) < 4.78 is 16.9. The van der Waals surface area contributed by atoms with Gasteiger partial charge in [0.1, 0.15) is 11.5 Å². The van der Waals surface area contributed by atoms with Gasteiger partial charge in [0.15, 0.2) is 5.89 Å². The number of nitrogens with zero attached hydrogens (tertiary/aromatic N) is 4. The van der Waals surface area contributed by atoms with Gasteiger partial charge in [-0.3, -0.25) is 4.79 Å². The average Bonchev–Trinajstić information content (AvgIpc) is 3.45. The number of carbonyl (C=O) groups is 1. The minimum atomic E-state index is -0.0395. The van der Waals surface area contributed by atoms with Crippen LogP contribution in [-0.2, 0) is 6.42 Å². The van der Waals surface area contributed by atoms with Crippen molar-refractivity contribution < 1.29 is 18.5 Å². The van der Waals surface area contributed by atoms with E-state index in [0.29, 0.717) is 47.8 Å². The second-order valence-electron chi connectivity index (χ2n) is 8.50. The molecule has 4 aromatic rings. The van der Waals surface area contributed by atoms with E-state index in [0.717, 1.165) is 35.6 Å². The predicted molar refractivity (Wildman–Crippen MR) is 121 cm³/mol. The number of amides is 1. The van der Waals surface area contributed by atoms with Gasteiger partial charge in [-0.25, -0.2) is 9.97 Å². The number of hydrogen-bond donors (Lipinski definition) is 0. The number of para-hydroxylation sites is 1. The molecule has 33 heavy (non-hydrogen) atoms. The molecule has 1 amide bonds. The number of aryl methyl sites for hydroxylation is 2. The quantitative estimate of drug-likeness (QED) is 0.447. The van der Waals surface area contributed by atoms with Gasteiger partial charge in [0, 0.05) is 30.8 Å². The molecule has 0 bridgehead atoms. The molecule has 3 aromatic heterocycles. The lowest BCUT2D eigenvalue weighted by Crippen LogP contribution is -2.39. The molecule has 0 saturated carbocycles. The third-order valence-electron chi connectivity index (χ3n) is 6.16. The van der Waals surface area contributed by atoms with Crippen LogP contribution in [0.15, 0.2) is 45.5 Å². The summed E-state index contributed by atoms with van der Waals surface area (Å²) in [5.41, 5.74) is 3.43. The zero-order valence-electron chi connectivity index (χ0n) is 19.0. The number of piperidine rings is 1. The standard InChI is InChI=1S/C25H26N4O4/c1-15-11-20(22-16(2)28-33-24(22)27-15)25(30)29-10-6-8-18(14-29)23-26-13-19(32-23)12-17-7-4-5-9-21(17)31-3/h4-5,7,9,11,13,18H,6,8,10,12,14H2,1-3H3/t18-/m1/s1. The fraction of sp³-hybridized carbons (Fsp3) is 0.360. The van der Waals surface area contributed by atoms with E-state index in [-0.39, 0.29) is 11.8 Å². The number of likely N-dealkylation sites (tertiary alicyclic amines) is 1. The molecule has 0 radical (unpaired) electrons. The smallest absolute Gasteiger partial charge is 0.258 e. The van der Waals surface area contributed by atoms with Gasteiger partial charge >= 0.3 is 0 Å². The molecule has 1 atom stereocenters. The molecule has 5 rings (SSSR count). The molecule has 0 unspecified atom stereocenters. The molecule has 4 heterocycles. The van der Waals surface area contributed by atoms with Gasteiger partial charge < -0.3 is 18.6 Å². The lowest BCUT2D eigenvalue weighted by atomic mass is 9.97. The lowest BCUT2D eigenvalue weighted by Gasteiger charge is -2.31. The van der Waals surface area contributed by atoms with Crippen LogP contribution in [0, 0.1) is 13.8 Å². The molecular formula is C25H26N4O4. The number of rotatable bonds is 5. The summed E-state index contributed by atoms with van der Waals surface area (Å²) in [6.07, 6.45) is 4.19. The number of methoxy groups -OCH3 is 1. The van der Waals surface area contributed by atoms with Crippen molar-refractivity contribution >= 4 is 17.0 Å².